The summed E-state index contributed by atoms with van der Waals surface area (Å²) in [6.45, 7) is 4.53. The first-order chi connectivity index (χ1) is 17.2. The third-order valence-corrected chi connectivity index (χ3v) is 7.88. The molecule has 0 N–H and O–H groups in total. The lowest BCUT2D eigenvalue weighted by atomic mass is 9.77. The van der Waals surface area contributed by atoms with Crippen molar-refractivity contribution in [1.29, 1.82) is 0 Å². The van der Waals surface area contributed by atoms with E-state index >= 15 is 0 Å². The lowest BCUT2D eigenvalue weighted by molar-refractivity contribution is 0.0734. The maximum atomic E-state index is 12.6. The van der Waals surface area contributed by atoms with Crippen LogP contribution in [-0.4, -0.2) is 5.97 Å². The van der Waals surface area contributed by atoms with Crippen molar-refractivity contribution in [3.8, 4) is 5.75 Å². The number of hydrogen-bond acceptors (Lipinski definition) is 2. The van der Waals surface area contributed by atoms with Gasteiger partial charge < -0.3 is 4.74 Å². The first-order valence-corrected chi connectivity index (χ1v) is 14.6. The van der Waals surface area contributed by atoms with Crippen molar-refractivity contribution in [3.05, 3.63) is 65.2 Å². The van der Waals surface area contributed by atoms with Crippen LogP contribution in [0.5, 0.6) is 5.75 Å². The van der Waals surface area contributed by atoms with Crippen LogP contribution in [0, 0.1) is 5.92 Å². The van der Waals surface area contributed by atoms with E-state index in [0.29, 0.717) is 17.2 Å². The Morgan fingerprint density at radius 2 is 1.31 bits per heavy atom. The first-order valence-electron chi connectivity index (χ1n) is 14.6. The Morgan fingerprint density at radius 1 is 0.714 bits per heavy atom. The second-order valence-corrected chi connectivity index (χ2v) is 10.7. The molecule has 0 saturated heterocycles. The summed E-state index contributed by atoms with van der Waals surface area (Å²) in [5.74, 6) is 1.93. The Morgan fingerprint density at radius 3 is 1.94 bits per heavy atom. The van der Waals surface area contributed by atoms with Crippen molar-refractivity contribution in [2.45, 2.75) is 122 Å². The molecule has 1 fully saturated rings. The number of aryl methyl sites for hydroxylation is 1. The molecule has 3 rings (SSSR count). The van der Waals surface area contributed by atoms with Crippen LogP contribution in [0.1, 0.15) is 138 Å². The molecule has 2 aromatic carbocycles. The zero-order valence-corrected chi connectivity index (χ0v) is 22.4. The van der Waals surface area contributed by atoms with Crippen molar-refractivity contribution < 1.29 is 9.53 Å². The lowest BCUT2D eigenvalue weighted by Crippen LogP contribution is -2.14. The summed E-state index contributed by atoms with van der Waals surface area (Å²) in [6, 6.07) is 16.2. The zero-order chi connectivity index (χ0) is 24.7. The standard InChI is InChI=1S/C33H48O2/c1-3-5-7-9-11-13-27-15-19-29(20-16-27)30-21-23-31(24-22-30)33(34)35-32-25-17-28(18-26-32)14-12-10-8-6-4-2/h17-18,21-27,29H,3-16,19-20H2,1-2H3. The average Bonchev–Trinajstić information content (AvgIpc) is 2.90. The first kappa shape index (κ1) is 27.5. The van der Waals surface area contributed by atoms with Gasteiger partial charge in [0.05, 0.1) is 5.56 Å². The molecule has 2 nitrogen and oxygen atoms in total. The largest absolute Gasteiger partial charge is 0.423 e. The SMILES string of the molecule is CCCCCCCc1ccc(OC(=O)c2ccc(C3CCC(CCCCCCC)CC3)cc2)cc1. The fourth-order valence-electron chi connectivity index (χ4n) is 5.54. The van der Waals surface area contributed by atoms with Gasteiger partial charge in [0, 0.05) is 0 Å². The Hall–Kier alpha value is -2.09. The predicted molar refractivity (Wildman–Crippen MR) is 148 cm³/mol. The van der Waals surface area contributed by atoms with Gasteiger partial charge in [-0.2, -0.15) is 0 Å². The molecule has 192 valence electrons. The number of unbranched alkanes of at least 4 members (excludes halogenated alkanes) is 8. The molecule has 0 spiro atoms. The van der Waals surface area contributed by atoms with E-state index in [-0.39, 0.29) is 5.97 Å². The molecule has 0 unspecified atom stereocenters. The minimum Gasteiger partial charge on any atom is -0.423 e. The zero-order valence-electron chi connectivity index (χ0n) is 22.4. The molecule has 0 amide bonds. The molecular formula is C33H48O2. The summed E-state index contributed by atoms with van der Waals surface area (Å²) in [4.78, 5) is 12.6. The molecule has 2 heteroatoms. The quantitative estimate of drug-likeness (QED) is 0.145. The van der Waals surface area contributed by atoms with Crippen LogP contribution < -0.4 is 4.74 Å². The van der Waals surface area contributed by atoms with Gasteiger partial charge in [-0.1, -0.05) is 102 Å². The van der Waals surface area contributed by atoms with E-state index in [2.05, 4.69) is 38.1 Å². The summed E-state index contributed by atoms with van der Waals surface area (Å²) < 4.78 is 5.64. The lowest BCUT2D eigenvalue weighted by Gasteiger charge is -2.29. The number of hydrogen-bond donors (Lipinski definition) is 0. The predicted octanol–water partition coefficient (Wildman–Crippen LogP) is 10.1. The summed E-state index contributed by atoms with van der Waals surface area (Å²) >= 11 is 0. The van der Waals surface area contributed by atoms with Gasteiger partial charge in [0.2, 0.25) is 0 Å². The van der Waals surface area contributed by atoms with E-state index in [1.807, 2.05) is 24.3 Å². The van der Waals surface area contributed by atoms with Gasteiger partial charge in [-0.3, -0.25) is 0 Å². The van der Waals surface area contributed by atoms with Gasteiger partial charge in [-0.25, -0.2) is 4.79 Å². The number of ether oxygens (including phenoxy) is 1. The van der Waals surface area contributed by atoms with E-state index < -0.39 is 0 Å². The molecule has 0 heterocycles. The smallest absolute Gasteiger partial charge is 0.343 e. The molecular weight excluding hydrogens is 428 g/mol. The molecule has 35 heavy (non-hydrogen) atoms. The second kappa shape index (κ2) is 15.8. The topological polar surface area (TPSA) is 26.3 Å². The summed E-state index contributed by atoms with van der Waals surface area (Å²) in [6.07, 6.45) is 21.2. The molecule has 1 saturated carbocycles. The third-order valence-electron chi connectivity index (χ3n) is 7.88. The normalized spacial score (nSPS) is 17.9. The van der Waals surface area contributed by atoms with Gasteiger partial charge in [-0.15, -0.1) is 0 Å². The number of rotatable bonds is 15. The highest BCUT2D eigenvalue weighted by molar-refractivity contribution is 5.91. The fraction of sp³-hybridized carbons (Fsp3) is 0.606. The Kier molecular flexibility index (Phi) is 12.4. The molecule has 0 aliphatic heterocycles. The monoisotopic (exact) mass is 476 g/mol. The molecule has 0 bridgehead atoms. The van der Waals surface area contributed by atoms with Gasteiger partial charge in [0.15, 0.2) is 0 Å². The highest BCUT2D eigenvalue weighted by atomic mass is 16.5. The van der Waals surface area contributed by atoms with Gasteiger partial charge >= 0.3 is 5.97 Å². The van der Waals surface area contributed by atoms with Crippen molar-refractivity contribution in [2.75, 3.05) is 0 Å². The van der Waals surface area contributed by atoms with Gasteiger partial charge in [0.1, 0.15) is 5.75 Å². The number of carbonyl (C=O) groups is 1. The Labute approximate surface area is 214 Å². The van der Waals surface area contributed by atoms with E-state index in [1.54, 1.807) is 0 Å². The molecule has 1 aliphatic carbocycles. The molecule has 2 aromatic rings. The van der Waals surface area contributed by atoms with E-state index in [9.17, 15) is 4.79 Å². The van der Waals surface area contributed by atoms with Crippen molar-refractivity contribution in [3.63, 3.8) is 0 Å². The minimum absolute atomic E-state index is 0.268. The van der Waals surface area contributed by atoms with Crippen LogP contribution in [-0.2, 0) is 6.42 Å². The van der Waals surface area contributed by atoms with Crippen LogP contribution in [0.2, 0.25) is 0 Å². The van der Waals surface area contributed by atoms with Crippen molar-refractivity contribution in [1.82, 2.24) is 0 Å². The maximum Gasteiger partial charge on any atom is 0.343 e. The highest BCUT2D eigenvalue weighted by Gasteiger charge is 2.22. The van der Waals surface area contributed by atoms with Crippen LogP contribution in [0.25, 0.3) is 0 Å². The van der Waals surface area contributed by atoms with E-state index in [1.165, 1.54) is 107 Å². The fourth-order valence-corrected chi connectivity index (χ4v) is 5.54. The van der Waals surface area contributed by atoms with Crippen LogP contribution in [0.15, 0.2) is 48.5 Å². The van der Waals surface area contributed by atoms with Crippen molar-refractivity contribution >= 4 is 5.97 Å². The number of esters is 1. The number of carbonyl (C=O) groups excluding carboxylic acids is 1. The second-order valence-electron chi connectivity index (χ2n) is 10.7. The summed E-state index contributed by atoms with van der Waals surface area (Å²) in [5, 5.41) is 0. The van der Waals surface area contributed by atoms with Crippen LogP contribution in [0.4, 0.5) is 0 Å². The molecule has 0 radical (unpaired) electrons. The average molecular weight is 477 g/mol. The maximum absolute atomic E-state index is 12.6. The van der Waals surface area contributed by atoms with Crippen LogP contribution >= 0.6 is 0 Å². The van der Waals surface area contributed by atoms with E-state index in [4.69, 9.17) is 4.74 Å². The van der Waals surface area contributed by atoms with Crippen LogP contribution in [0.3, 0.4) is 0 Å². The third kappa shape index (κ3) is 9.82. The Balaban J connectivity index is 1.39. The molecule has 0 aromatic heterocycles. The number of benzene rings is 2. The van der Waals surface area contributed by atoms with Gasteiger partial charge in [-0.05, 0) is 85.8 Å². The Bertz CT molecular complexity index is 828. The highest BCUT2D eigenvalue weighted by Crippen LogP contribution is 2.37. The van der Waals surface area contributed by atoms with Gasteiger partial charge in [0.25, 0.3) is 0 Å². The molecule has 0 atom stereocenters. The summed E-state index contributed by atoms with van der Waals surface area (Å²) in [5.41, 5.74) is 3.33. The molecule has 1 aliphatic rings. The van der Waals surface area contributed by atoms with Crippen molar-refractivity contribution in [2.24, 2.45) is 5.92 Å². The summed E-state index contributed by atoms with van der Waals surface area (Å²) in [7, 11) is 0. The van der Waals surface area contributed by atoms with E-state index in [0.717, 1.165) is 12.3 Å². The minimum atomic E-state index is -0.268.